The molecule has 0 spiro atoms. The third kappa shape index (κ3) is 4.77. The third-order valence-corrected chi connectivity index (χ3v) is 7.73. The van der Waals surface area contributed by atoms with Gasteiger partial charge >= 0.3 is 18.2 Å². The van der Waals surface area contributed by atoms with Crippen molar-refractivity contribution in [2.75, 3.05) is 6.61 Å². The van der Waals surface area contributed by atoms with Crippen LogP contribution in [0, 0.1) is 0 Å². The summed E-state index contributed by atoms with van der Waals surface area (Å²) in [4.78, 5) is 40.1. The van der Waals surface area contributed by atoms with Crippen molar-refractivity contribution < 1.29 is 29.0 Å². The molecule has 196 valence electrons. The van der Waals surface area contributed by atoms with Crippen molar-refractivity contribution in [3.05, 3.63) is 59.7 Å². The Balaban J connectivity index is 1.31. The van der Waals surface area contributed by atoms with Crippen LogP contribution in [0.5, 0.6) is 0 Å². The molecule has 2 amide bonds. The molecule has 0 saturated carbocycles. The molecular formula is C29H34N2O6. The molecule has 37 heavy (non-hydrogen) atoms. The lowest BCUT2D eigenvalue weighted by atomic mass is 9.73. The molecule has 8 nitrogen and oxygen atoms in total. The average molecular weight is 507 g/mol. The molecule has 0 aromatic heterocycles. The quantitative estimate of drug-likeness (QED) is 0.583. The molecule has 2 atom stereocenters. The first kappa shape index (κ1) is 25.1. The number of carbonyl (C=O) groups excluding carboxylic acids is 2. The second-order valence-electron chi connectivity index (χ2n) is 11.4. The van der Waals surface area contributed by atoms with Crippen LogP contribution >= 0.6 is 0 Å². The molecular weight excluding hydrogens is 472 g/mol. The Morgan fingerprint density at radius 1 is 0.973 bits per heavy atom. The summed E-state index contributed by atoms with van der Waals surface area (Å²) in [6.45, 7) is 5.40. The Bertz CT molecular complexity index is 1160. The van der Waals surface area contributed by atoms with Gasteiger partial charge in [-0.2, -0.15) is 0 Å². The van der Waals surface area contributed by atoms with E-state index in [0.29, 0.717) is 12.8 Å². The Kier molecular flexibility index (Phi) is 6.38. The number of carboxylic acid groups (broad SMARTS) is 1. The number of nitrogens with one attached hydrogen (secondary N) is 1. The molecule has 5 rings (SSSR count). The van der Waals surface area contributed by atoms with Crippen molar-refractivity contribution in [1.29, 1.82) is 0 Å². The van der Waals surface area contributed by atoms with Crippen molar-refractivity contribution >= 4 is 18.2 Å². The van der Waals surface area contributed by atoms with Gasteiger partial charge in [0.25, 0.3) is 0 Å². The molecule has 2 aromatic carbocycles. The second-order valence-corrected chi connectivity index (χ2v) is 11.4. The van der Waals surface area contributed by atoms with Crippen molar-refractivity contribution in [3.63, 3.8) is 0 Å². The van der Waals surface area contributed by atoms with Gasteiger partial charge in [0.15, 0.2) is 0 Å². The molecule has 2 N–H and O–H groups in total. The first-order chi connectivity index (χ1) is 17.6. The first-order valence-electron chi connectivity index (χ1n) is 13.0. The van der Waals surface area contributed by atoms with Gasteiger partial charge in [-0.3, -0.25) is 0 Å². The highest BCUT2D eigenvalue weighted by Gasteiger charge is 2.54. The number of hydrogen-bond donors (Lipinski definition) is 2. The van der Waals surface area contributed by atoms with Gasteiger partial charge in [-0.15, -0.1) is 0 Å². The van der Waals surface area contributed by atoms with Gasteiger partial charge in [-0.1, -0.05) is 48.5 Å². The molecule has 2 saturated heterocycles. The predicted molar refractivity (Wildman–Crippen MR) is 137 cm³/mol. The van der Waals surface area contributed by atoms with E-state index in [2.05, 4.69) is 29.6 Å². The van der Waals surface area contributed by atoms with Crippen LogP contribution in [0.4, 0.5) is 9.59 Å². The summed E-state index contributed by atoms with van der Waals surface area (Å²) in [6.07, 6.45) is 1.25. The van der Waals surface area contributed by atoms with Crippen molar-refractivity contribution in [1.82, 2.24) is 10.2 Å². The van der Waals surface area contributed by atoms with E-state index in [9.17, 15) is 19.5 Å². The van der Waals surface area contributed by atoms with Crippen molar-refractivity contribution in [2.45, 2.75) is 82.0 Å². The lowest BCUT2D eigenvalue weighted by molar-refractivity contribution is -0.150. The summed E-state index contributed by atoms with van der Waals surface area (Å²) in [5, 5.41) is 12.8. The summed E-state index contributed by atoms with van der Waals surface area (Å²) in [6, 6.07) is 15.7. The Hall–Kier alpha value is -3.55. The van der Waals surface area contributed by atoms with E-state index < -0.39 is 29.3 Å². The van der Waals surface area contributed by atoms with Crippen molar-refractivity contribution in [3.8, 4) is 11.1 Å². The van der Waals surface area contributed by atoms with Crippen molar-refractivity contribution in [2.24, 2.45) is 0 Å². The van der Waals surface area contributed by atoms with Crippen LogP contribution in [0.2, 0.25) is 0 Å². The van der Waals surface area contributed by atoms with E-state index in [1.165, 1.54) is 0 Å². The van der Waals surface area contributed by atoms with Gasteiger partial charge in [0.2, 0.25) is 0 Å². The zero-order valence-corrected chi connectivity index (χ0v) is 21.5. The van der Waals surface area contributed by atoms with E-state index in [0.717, 1.165) is 28.7 Å². The fourth-order valence-corrected chi connectivity index (χ4v) is 6.25. The number of fused-ring (bicyclic) bond motifs is 5. The van der Waals surface area contributed by atoms with Crippen LogP contribution in [0.15, 0.2) is 48.5 Å². The number of nitrogens with zero attached hydrogens (tertiary/aromatic N) is 1. The third-order valence-electron chi connectivity index (χ3n) is 7.73. The molecule has 2 aromatic rings. The van der Waals surface area contributed by atoms with E-state index in [1.54, 1.807) is 25.7 Å². The number of rotatable bonds is 4. The minimum absolute atomic E-state index is 0.0482. The molecule has 2 fully saturated rings. The van der Waals surface area contributed by atoms with Gasteiger partial charge in [-0.25, -0.2) is 14.4 Å². The lowest BCUT2D eigenvalue weighted by Gasteiger charge is -2.51. The minimum atomic E-state index is -1.49. The highest BCUT2D eigenvalue weighted by molar-refractivity contribution is 5.85. The maximum Gasteiger partial charge on any atom is 0.410 e. The summed E-state index contributed by atoms with van der Waals surface area (Å²) in [5.41, 5.74) is 2.37. The fourth-order valence-electron chi connectivity index (χ4n) is 6.25. The van der Waals surface area contributed by atoms with Crippen LogP contribution in [-0.2, 0) is 14.3 Å². The minimum Gasteiger partial charge on any atom is -0.480 e. The van der Waals surface area contributed by atoms with Crippen LogP contribution in [0.1, 0.15) is 69.9 Å². The number of ether oxygens (including phenoxy) is 2. The van der Waals surface area contributed by atoms with Gasteiger partial charge < -0.3 is 24.8 Å². The molecule has 2 aliphatic heterocycles. The zero-order chi connectivity index (χ0) is 26.4. The number of piperidine rings is 2. The largest absolute Gasteiger partial charge is 0.480 e. The number of benzene rings is 2. The Morgan fingerprint density at radius 3 is 2.03 bits per heavy atom. The zero-order valence-electron chi connectivity index (χ0n) is 21.5. The fraction of sp³-hybridized carbons (Fsp3) is 0.483. The first-order valence-corrected chi connectivity index (χ1v) is 13.0. The molecule has 2 heterocycles. The molecule has 8 heteroatoms. The maximum atomic E-state index is 13.4. The number of amides is 2. The Labute approximate surface area is 216 Å². The predicted octanol–water partition coefficient (Wildman–Crippen LogP) is 5.30. The molecule has 3 aliphatic rings. The molecule has 1 aliphatic carbocycles. The summed E-state index contributed by atoms with van der Waals surface area (Å²) >= 11 is 0. The van der Waals surface area contributed by atoms with Crippen LogP contribution < -0.4 is 5.32 Å². The summed E-state index contributed by atoms with van der Waals surface area (Å²) in [5.74, 6) is -1.16. The van der Waals surface area contributed by atoms with Gasteiger partial charge in [0.1, 0.15) is 17.7 Å². The van der Waals surface area contributed by atoms with Gasteiger partial charge in [0, 0.05) is 30.8 Å². The molecule has 0 radical (unpaired) electrons. The number of alkyl carbamates (subject to hydrolysis) is 1. The van der Waals surface area contributed by atoms with E-state index in [-0.39, 0.29) is 37.5 Å². The Morgan fingerprint density at radius 2 is 1.51 bits per heavy atom. The highest BCUT2D eigenvalue weighted by Crippen LogP contribution is 2.45. The monoisotopic (exact) mass is 506 g/mol. The van der Waals surface area contributed by atoms with E-state index in [1.807, 2.05) is 24.3 Å². The highest BCUT2D eigenvalue weighted by atomic mass is 16.6. The van der Waals surface area contributed by atoms with E-state index >= 15 is 0 Å². The standard InChI is InChI=1S/C29H34N2O6/c1-28(2,3)37-26(34)30-29(25(32)33)15-18-9-8-10-19(16-29)31(18)27(35)36-17-24-22-13-6-4-11-20(22)21-12-5-7-14-23(21)24/h4-7,11-14,18-19,24H,8-10,15-17H2,1-3H3,(H,30,34)(H,32,33). The number of hydrogen-bond acceptors (Lipinski definition) is 5. The second kappa shape index (κ2) is 9.39. The number of carboxylic acids is 1. The van der Waals surface area contributed by atoms with Crippen LogP contribution in [-0.4, -0.2) is 58.0 Å². The van der Waals surface area contributed by atoms with E-state index in [4.69, 9.17) is 9.47 Å². The normalized spacial score (nSPS) is 24.6. The molecule has 2 bridgehead atoms. The average Bonchev–Trinajstić information content (AvgIpc) is 3.14. The number of aliphatic carboxylic acids is 1. The van der Waals surface area contributed by atoms with Crippen LogP contribution in [0.3, 0.4) is 0 Å². The van der Waals surface area contributed by atoms with Gasteiger partial charge in [0.05, 0.1) is 0 Å². The maximum absolute atomic E-state index is 13.4. The summed E-state index contributed by atoms with van der Waals surface area (Å²) < 4.78 is 11.3. The van der Waals surface area contributed by atoms with Gasteiger partial charge in [-0.05, 0) is 62.3 Å². The molecule has 2 unspecified atom stereocenters. The number of carbonyl (C=O) groups is 3. The smallest absolute Gasteiger partial charge is 0.410 e. The lowest BCUT2D eigenvalue weighted by Crippen LogP contribution is -2.67. The van der Waals surface area contributed by atoms with Crippen LogP contribution in [0.25, 0.3) is 11.1 Å². The SMILES string of the molecule is CC(C)(C)OC(=O)NC1(C(=O)O)CC2CCCC(C1)N2C(=O)OCC1c2ccccc2-c2ccccc21. The summed E-state index contributed by atoms with van der Waals surface area (Å²) in [7, 11) is 0. The topological polar surface area (TPSA) is 105 Å².